The number of hydroxylamine groups is 1. The Balaban J connectivity index is 1.49. The highest BCUT2D eigenvalue weighted by Gasteiger charge is 2.27. The summed E-state index contributed by atoms with van der Waals surface area (Å²) in [6.07, 6.45) is 10.9. The summed E-state index contributed by atoms with van der Waals surface area (Å²) in [6.45, 7) is 6.28. The number of fused-ring (bicyclic) bond motifs is 1. The van der Waals surface area contributed by atoms with Crippen molar-refractivity contribution in [3.05, 3.63) is 58.4 Å². The summed E-state index contributed by atoms with van der Waals surface area (Å²) in [5.74, 6) is 1.64. The lowest BCUT2D eigenvalue weighted by Gasteiger charge is -2.26. The Hall–Kier alpha value is -2.73. The van der Waals surface area contributed by atoms with Crippen LogP contribution in [-0.4, -0.2) is 27.0 Å². The summed E-state index contributed by atoms with van der Waals surface area (Å²) < 4.78 is 0. The SMILES string of the molecule is CCCc1cnc(NC2CCC2)nc1C1=CCc2nc(C3=C(C)ONC3C)ccc21. The summed E-state index contributed by atoms with van der Waals surface area (Å²) in [4.78, 5) is 20.0. The minimum absolute atomic E-state index is 0.141. The van der Waals surface area contributed by atoms with Crippen molar-refractivity contribution in [3.8, 4) is 0 Å². The van der Waals surface area contributed by atoms with E-state index < -0.39 is 0 Å². The molecule has 2 N–H and O–H groups in total. The molecule has 0 radical (unpaired) electrons. The van der Waals surface area contributed by atoms with Gasteiger partial charge in [-0.2, -0.15) is 0 Å². The van der Waals surface area contributed by atoms with Gasteiger partial charge in [0.2, 0.25) is 5.95 Å². The first kappa shape index (κ1) is 19.2. The first-order valence-electron chi connectivity index (χ1n) is 11.1. The van der Waals surface area contributed by atoms with Crippen LogP contribution in [0.4, 0.5) is 5.95 Å². The van der Waals surface area contributed by atoms with Crippen LogP contribution in [0.5, 0.6) is 0 Å². The van der Waals surface area contributed by atoms with Gasteiger partial charge in [-0.25, -0.2) is 9.97 Å². The Bertz CT molecular complexity index is 1040. The molecule has 1 atom stereocenters. The van der Waals surface area contributed by atoms with Crippen LogP contribution in [0.2, 0.25) is 0 Å². The van der Waals surface area contributed by atoms with Crippen LogP contribution >= 0.6 is 0 Å². The maximum absolute atomic E-state index is 5.50. The second-order valence-electron chi connectivity index (χ2n) is 8.51. The molecular weight excluding hydrogens is 374 g/mol. The number of hydrogen-bond donors (Lipinski definition) is 2. The van der Waals surface area contributed by atoms with Crippen molar-refractivity contribution in [1.29, 1.82) is 0 Å². The molecule has 1 fully saturated rings. The van der Waals surface area contributed by atoms with Crippen LogP contribution in [0.1, 0.15) is 74.7 Å². The predicted octanol–water partition coefficient (Wildman–Crippen LogP) is 4.43. The van der Waals surface area contributed by atoms with E-state index in [1.165, 1.54) is 36.0 Å². The molecule has 1 unspecified atom stereocenters. The fourth-order valence-corrected chi connectivity index (χ4v) is 4.48. The van der Waals surface area contributed by atoms with Crippen LogP contribution in [0.25, 0.3) is 11.1 Å². The third-order valence-electron chi connectivity index (χ3n) is 6.32. The molecule has 6 heteroatoms. The minimum Gasteiger partial charge on any atom is -0.412 e. The third kappa shape index (κ3) is 3.39. The second-order valence-corrected chi connectivity index (χ2v) is 8.51. The summed E-state index contributed by atoms with van der Waals surface area (Å²) in [5, 5.41) is 3.50. The van der Waals surface area contributed by atoms with Gasteiger partial charge in [-0.1, -0.05) is 25.5 Å². The van der Waals surface area contributed by atoms with Crippen molar-refractivity contribution < 1.29 is 4.84 Å². The molecular formula is C24H29N5O. The Morgan fingerprint density at radius 2 is 2.10 bits per heavy atom. The van der Waals surface area contributed by atoms with Crippen LogP contribution < -0.4 is 10.8 Å². The molecule has 6 nitrogen and oxygen atoms in total. The average Bonchev–Trinajstić information content (AvgIpc) is 3.28. The van der Waals surface area contributed by atoms with Crippen molar-refractivity contribution in [2.45, 2.75) is 71.4 Å². The highest BCUT2D eigenvalue weighted by molar-refractivity contribution is 5.84. The topological polar surface area (TPSA) is 72.0 Å². The number of rotatable bonds is 6. The van der Waals surface area contributed by atoms with Crippen LogP contribution in [-0.2, 0) is 17.7 Å². The maximum Gasteiger partial charge on any atom is 0.223 e. The first-order chi connectivity index (χ1) is 14.6. The van der Waals surface area contributed by atoms with Crippen LogP contribution in [0.3, 0.4) is 0 Å². The van der Waals surface area contributed by atoms with Gasteiger partial charge in [0.05, 0.1) is 23.1 Å². The van der Waals surface area contributed by atoms with Gasteiger partial charge in [0.25, 0.3) is 0 Å². The molecule has 1 saturated carbocycles. The number of aromatic nitrogens is 3. The minimum atomic E-state index is 0.141. The lowest BCUT2D eigenvalue weighted by atomic mass is 9.93. The average molecular weight is 404 g/mol. The highest BCUT2D eigenvalue weighted by Crippen LogP contribution is 2.35. The van der Waals surface area contributed by atoms with Gasteiger partial charge in [-0.3, -0.25) is 4.98 Å². The van der Waals surface area contributed by atoms with E-state index in [2.05, 4.69) is 47.8 Å². The molecule has 3 heterocycles. The van der Waals surface area contributed by atoms with E-state index in [9.17, 15) is 0 Å². The number of pyridine rings is 1. The molecule has 30 heavy (non-hydrogen) atoms. The van der Waals surface area contributed by atoms with Crippen molar-refractivity contribution in [2.75, 3.05) is 5.32 Å². The monoisotopic (exact) mass is 403 g/mol. The fourth-order valence-electron chi connectivity index (χ4n) is 4.48. The van der Waals surface area contributed by atoms with Gasteiger partial charge in [0.1, 0.15) is 5.76 Å². The predicted molar refractivity (Wildman–Crippen MR) is 119 cm³/mol. The van der Waals surface area contributed by atoms with E-state index in [0.29, 0.717) is 6.04 Å². The summed E-state index contributed by atoms with van der Waals surface area (Å²) >= 11 is 0. The molecule has 0 bridgehead atoms. The number of anilines is 1. The van der Waals surface area contributed by atoms with Crippen LogP contribution in [0.15, 0.2) is 30.2 Å². The van der Waals surface area contributed by atoms with E-state index in [0.717, 1.165) is 53.6 Å². The number of aryl methyl sites for hydroxylation is 1. The smallest absolute Gasteiger partial charge is 0.223 e. The number of nitrogens with zero attached hydrogens (tertiary/aromatic N) is 3. The Labute approximate surface area is 177 Å². The van der Waals surface area contributed by atoms with Gasteiger partial charge in [0.15, 0.2) is 0 Å². The Morgan fingerprint density at radius 1 is 1.23 bits per heavy atom. The highest BCUT2D eigenvalue weighted by atomic mass is 16.7. The molecule has 0 saturated heterocycles. The summed E-state index contributed by atoms with van der Waals surface area (Å²) in [5.41, 5.74) is 10.9. The van der Waals surface area contributed by atoms with E-state index >= 15 is 0 Å². The molecule has 0 spiro atoms. The van der Waals surface area contributed by atoms with E-state index in [1.807, 2.05) is 13.1 Å². The zero-order valence-electron chi connectivity index (χ0n) is 18.0. The van der Waals surface area contributed by atoms with E-state index in [-0.39, 0.29) is 6.04 Å². The third-order valence-corrected chi connectivity index (χ3v) is 6.32. The maximum atomic E-state index is 5.50. The normalized spacial score (nSPS) is 20.6. The molecule has 2 aromatic heterocycles. The zero-order valence-corrected chi connectivity index (χ0v) is 18.0. The molecule has 5 rings (SSSR count). The molecule has 156 valence electrons. The number of hydrogen-bond acceptors (Lipinski definition) is 6. The van der Waals surface area contributed by atoms with Gasteiger partial charge >= 0.3 is 0 Å². The quantitative estimate of drug-likeness (QED) is 0.743. The number of allylic oxidation sites excluding steroid dienone is 2. The molecule has 2 aliphatic carbocycles. The lowest BCUT2D eigenvalue weighted by molar-refractivity contribution is 0.122. The van der Waals surface area contributed by atoms with Gasteiger partial charge in [0, 0.05) is 35.4 Å². The van der Waals surface area contributed by atoms with Crippen molar-refractivity contribution in [2.24, 2.45) is 0 Å². The molecule has 1 aliphatic heterocycles. The molecule has 3 aliphatic rings. The van der Waals surface area contributed by atoms with Gasteiger partial charge < -0.3 is 10.2 Å². The molecule has 0 amide bonds. The summed E-state index contributed by atoms with van der Waals surface area (Å²) in [7, 11) is 0. The molecule has 0 aromatic carbocycles. The van der Waals surface area contributed by atoms with Crippen molar-refractivity contribution >= 4 is 17.1 Å². The Kier molecular flexibility index (Phi) is 5.03. The van der Waals surface area contributed by atoms with E-state index in [1.54, 1.807) is 0 Å². The Morgan fingerprint density at radius 3 is 2.80 bits per heavy atom. The standard InChI is InChI=1S/C24H29N5O/c1-4-6-16-13-25-24(26-17-7-5-8-17)28-23(16)19-10-11-20-18(19)9-12-21(27-20)22-14(2)29-30-15(22)3/h9-10,12-14,17,29H,4-8,11H2,1-3H3,(H,25,26,28). The number of nitrogens with one attached hydrogen (secondary N) is 2. The summed E-state index contributed by atoms with van der Waals surface area (Å²) in [6, 6.07) is 4.96. The second kappa shape index (κ2) is 7.84. The van der Waals surface area contributed by atoms with Crippen molar-refractivity contribution in [1.82, 2.24) is 20.4 Å². The van der Waals surface area contributed by atoms with E-state index in [4.69, 9.17) is 14.8 Å². The lowest BCUT2D eigenvalue weighted by Crippen LogP contribution is -2.28. The molecule has 2 aromatic rings. The zero-order chi connectivity index (χ0) is 20.7. The van der Waals surface area contributed by atoms with Crippen LogP contribution in [0, 0.1) is 0 Å². The van der Waals surface area contributed by atoms with Gasteiger partial charge in [-0.15, -0.1) is 5.48 Å². The van der Waals surface area contributed by atoms with Gasteiger partial charge in [-0.05, 0) is 51.2 Å². The first-order valence-corrected chi connectivity index (χ1v) is 11.1. The van der Waals surface area contributed by atoms with Crippen molar-refractivity contribution in [3.63, 3.8) is 0 Å². The fraction of sp³-hybridized carbons (Fsp3) is 0.458. The largest absolute Gasteiger partial charge is 0.412 e.